The number of aromatic nitrogens is 1. The number of aliphatic hydroxyl groups is 1. The molecule has 0 amide bonds. The highest BCUT2D eigenvalue weighted by Crippen LogP contribution is 2.25. The molecule has 18 heavy (non-hydrogen) atoms. The molecule has 0 radical (unpaired) electrons. The maximum Gasteiger partial charge on any atom is 0.276 e. The maximum atomic E-state index is 10.6. The highest BCUT2D eigenvalue weighted by molar-refractivity contribution is 5.38. The number of aliphatic hydroxyl groups excluding tert-OH is 1. The van der Waals surface area contributed by atoms with Crippen molar-refractivity contribution >= 4 is 5.69 Å². The van der Waals surface area contributed by atoms with E-state index >= 15 is 0 Å². The molecule has 2 aromatic rings. The van der Waals surface area contributed by atoms with Gasteiger partial charge in [0.25, 0.3) is 5.69 Å². The Morgan fingerprint density at radius 1 is 1.33 bits per heavy atom. The summed E-state index contributed by atoms with van der Waals surface area (Å²) in [7, 11) is 0. The van der Waals surface area contributed by atoms with Gasteiger partial charge in [0.2, 0.25) is 5.88 Å². The lowest BCUT2D eigenvalue weighted by atomic mass is 10.2. The summed E-state index contributed by atoms with van der Waals surface area (Å²) in [5.41, 5.74) is 0.493. The fraction of sp³-hybridized carbons (Fsp3) is 0.0833. The van der Waals surface area contributed by atoms with Gasteiger partial charge in [-0.15, -0.1) is 0 Å². The number of nitro groups is 1. The average Bonchev–Trinajstić information content (AvgIpc) is 2.39. The summed E-state index contributed by atoms with van der Waals surface area (Å²) in [6, 6.07) is 9.38. The van der Waals surface area contributed by atoms with Crippen LogP contribution in [0.1, 0.15) is 5.56 Å². The number of rotatable bonds is 4. The zero-order valence-electron chi connectivity index (χ0n) is 9.31. The molecule has 0 saturated heterocycles. The molecule has 0 aliphatic rings. The Hall–Kier alpha value is -2.47. The van der Waals surface area contributed by atoms with Gasteiger partial charge in [0.1, 0.15) is 5.75 Å². The van der Waals surface area contributed by atoms with Crippen LogP contribution in [0.15, 0.2) is 42.6 Å². The molecule has 0 unspecified atom stereocenters. The minimum atomic E-state index is -0.521. The smallest absolute Gasteiger partial charge is 0.276 e. The molecule has 1 aromatic carbocycles. The van der Waals surface area contributed by atoms with Crippen molar-refractivity contribution in [3.63, 3.8) is 0 Å². The molecule has 2 rings (SSSR count). The van der Waals surface area contributed by atoms with Crippen molar-refractivity contribution in [1.82, 2.24) is 4.98 Å². The largest absolute Gasteiger partial charge is 0.438 e. The summed E-state index contributed by atoms with van der Waals surface area (Å²) < 4.78 is 5.42. The van der Waals surface area contributed by atoms with Crippen LogP contribution in [-0.2, 0) is 6.61 Å². The molecule has 0 bridgehead atoms. The summed E-state index contributed by atoms with van der Waals surface area (Å²) in [6.45, 7) is -0.175. The van der Waals surface area contributed by atoms with Crippen LogP contribution in [0, 0.1) is 10.1 Å². The Morgan fingerprint density at radius 3 is 2.83 bits per heavy atom. The topological polar surface area (TPSA) is 85.5 Å². The number of pyridine rings is 1. The molecule has 0 saturated carbocycles. The highest BCUT2D eigenvalue weighted by atomic mass is 16.6. The third-order valence-electron chi connectivity index (χ3n) is 2.29. The predicted octanol–water partition coefficient (Wildman–Crippen LogP) is 2.27. The maximum absolute atomic E-state index is 10.6. The fourth-order valence-electron chi connectivity index (χ4n) is 1.42. The van der Waals surface area contributed by atoms with E-state index in [1.54, 1.807) is 24.3 Å². The van der Waals surface area contributed by atoms with E-state index < -0.39 is 4.92 Å². The Morgan fingerprint density at radius 2 is 2.11 bits per heavy atom. The number of hydrogen-bond donors (Lipinski definition) is 1. The van der Waals surface area contributed by atoms with Crippen LogP contribution in [0.4, 0.5) is 5.69 Å². The van der Waals surface area contributed by atoms with E-state index in [4.69, 9.17) is 9.84 Å². The van der Waals surface area contributed by atoms with E-state index in [0.717, 1.165) is 0 Å². The molecule has 1 aromatic heterocycles. The summed E-state index contributed by atoms with van der Waals surface area (Å²) in [6.07, 6.45) is 1.30. The van der Waals surface area contributed by atoms with E-state index in [1.165, 1.54) is 18.3 Å². The minimum absolute atomic E-state index is 0.0959. The summed E-state index contributed by atoms with van der Waals surface area (Å²) in [4.78, 5) is 14.0. The van der Waals surface area contributed by atoms with Gasteiger partial charge in [-0.1, -0.05) is 18.2 Å². The molecular weight excluding hydrogens is 236 g/mol. The second-order valence-corrected chi connectivity index (χ2v) is 3.48. The monoisotopic (exact) mass is 246 g/mol. The first-order valence-corrected chi connectivity index (χ1v) is 5.18. The SMILES string of the molecule is O=[N+]([O-])c1ccnc(Oc2ccccc2CO)c1. The first kappa shape index (κ1) is 12.0. The van der Waals surface area contributed by atoms with E-state index in [-0.39, 0.29) is 18.2 Å². The van der Waals surface area contributed by atoms with Crippen molar-refractivity contribution < 1.29 is 14.8 Å². The lowest BCUT2D eigenvalue weighted by Crippen LogP contribution is -1.94. The Labute approximate surface area is 103 Å². The Kier molecular flexibility index (Phi) is 3.49. The van der Waals surface area contributed by atoms with Crippen LogP contribution in [0.3, 0.4) is 0 Å². The molecule has 0 atom stereocenters. The number of benzene rings is 1. The molecule has 92 valence electrons. The van der Waals surface area contributed by atoms with Gasteiger partial charge >= 0.3 is 0 Å². The van der Waals surface area contributed by atoms with Crippen molar-refractivity contribution in [1.29, 1.82) is 0 Å². The van der Waals surface area contributed by atoms with Gasteiger partial charge in [0.15, 0.2) is 0 Å². The first-order chi connectivity index (χ1) is 8.70. The zero-order valence-corrected chi connectivity index (χ0v) is 9.31. The van der Waals surface area contributed by atoms with Gasteiger partial charge in [-0.05, 0) is 6.07 Å². The molecule has 6 nitrogen and oxygen atoms in total. The van der Waals surface area contributed by atoms with E-state index in [1.807, 2.05) is 0 Å². The van der Waals surface area contributed by atoms with Crippen LogP contribution in [0.2, 0.25) is 0 Å². The molecule has 0 fully saturated rings. The lowest BCUT2D eigenvalue weighted by molar-refractivity contribution is -0.385. The van der Waals surface area contributed by atoms with Crippen LogP contribution in [0.5, 0.6) is 11.6 Å². The van der Waals surface area contributed by atoms with E-state index in [9.17, 15) is 10.1 Å². The second-order valence-electron chi connectivity index (χ2n) is 3.48. The Bertz CT molecular complexity index is 572. The summed E-state index contributed by atoms with van der Waals surface area (Å²) in [5, 5.41) is 19.7. The van der Waals surface area contributed by atoms with Crippen LogP contribution in [0.25, 0.3) is 0 Å². The van der Waals surface area contributed by atoms with Crippen molar-refractivity contribution in [3.05, 3.63) is 58.3 Å². The molecule has 1 heterocycles. The van der Waals surface area contributed by atoms with Crippen molar-refractivity contribution in [2.24, 2.45) is 0 Å². The quantitative estimate of drug-likeness (QED) is 0.660. The van der Waals surface area contributed by atoms with Gasteiger partial charge < -0.3 is 9.84 Å². The average molecular weight is 246 g/mol. The van der Waals surface area contributed by atoms with Crippen molar-refractivity contribution in [2.75, 3.05) is 0 Å². The van der Waals surface area contributed by atoms with Crippen LogP contribution < -0.4 is 4.74 Å². The second kappa shape index (κ2) is 5.24. The minimum Gasteiger partial charge on any atom is -0.438 e. The third kappa shape index (κ3) is 2.61. The van der Waals surface area contributed by atoms with Gasteiger partial charge in [-0.25, -0.2) is 4.98 Å². The van der Waals surface area contributed by atoms with Crippen LogP contribution >= 0.6 is 0 Å². The highest BCUT2D eigenvalue weighted by Gasteiger charge is 2.09. The molecule has 0 aliphatic heterocycles. The van der Waals surface area contributed by atoms with Gasteiger partial charge in [0, 0.05) is 17.8 Å². The normalized spacial score (nSPS) is 10.1. The van der Waals surface area contributed by atoms with Gasteiger partial charge in [-0.2, -0.15) is 0 Å². The summed E-state index contributed by atoms with van der Waals surface area (Å²) in [5.74, 6) is 0.540. The number of ether oxygens (including phenoxy) is 1. The number of nitrogens with zero attached hydrogens (tertiary/aromatic N) is 2. The molecule has 6 heteroatoms. The standard InChI is InChI=1S/C12H10N2O4/c15-8-9-3-1-2-4-11(9)18-12-7-10(14(16)17)5-6-13-12/h1-7,15H,8H2. The number of para-hydroxylation sites is 1. The van der Waals surface area contributed by atoms with Crippen molar-refractivity contribution in [3.8, 4) is 11.6 Å². The van der Waals surface area contributed by atoms with Gasteiger partial charge in [-0.3, -0.25) is 10.1 Å². The number of hydrogen-bond acceptors (Lipinski definition) is 5. The van der Waals surface area contributed by atoms with E-state index in [0.29, 0.717) is 11.3 Å². The van der Waals surface area contributed by atoms with E-state index in [2.05, 4.69) is 4.98 Å². The third-order valence-corrected chi connectivity index (χ3v) is 2.29. The Balaban J connectivity index is 2.28. The molecular formula is C12H10N2O4. The predicted molar refractivity (Wildman–Crippen MR) is 63.3 cm³/mol. The zero-order chi connectivity index (χ0) is 13.0. The first-order valence-electron chi connectivity index (χ1n) is 5.18. The van der Waals surface area contributed by atoms with Gasteiger partial charge in [0.05, 0.1) is 17.6 Å². The molecule has 0 spiro atoms. The lowest BCUT2D eigenvalue weighted by Gasteiger charge is -2.07. The molecule has 0 aliphatic carbocycles. The van der Waals surface area contributed by atoms with Crippen LogP contribution in [-0.4, -0.2) is 15.0 Å². The van der Waals surface area contributed by atoms with Crippen molar-refractivity contribution in [2.45, 2.75) is 6.61 Å². The molecule has 1 N–H and O–H groups in total. The fourth-order valence-corrected chi connectivity index (χ4v) is 1.42. The summed E-state index contributed by atoms with van der Waals surface area (Å²) >= 11 is 0.